The Labute approximate surface area is 346 Å². The van der Waals surface area contributed by atoms with E-state index in [2.05, 4.69) is 0 Å². The molecule has 4 rings (SSSR count). The number of hydrogen-bond acceptors (Lipinski definition) is 16. The number of hydrogen-bond donors (Lipinski definition) is 1. The number of nitrogens with zero attached hydrogens (tertiary/aromatic N) is 2. The fraction of sp³-hybridized carbons (Fsp3) is 0.513. The average Bonchev–Trinajstić information content (AvgIpc) is 3.39. The van der Waals surface area contributed by atoms with Crippen LogP contribution in [0.2, 0.25) is 0 Å². The monoisotopic (exact) mass is 884 g/mol. The minimum absolute atomic E-state index is 0.0348. The topological polar surface area (TPSA) is 248 Å². The predicted molar refractivity (Wildman–Crippen MR) is 216 cm³/mol. The van der Waals surface area contributed by atoms with Gasteiger partial charge in [-0.3, -0.25) is 0 Å². The van der Waals surface area contributed by atoms with E-state index in [9.17, 15) is 38.9 Å². The Balaban J connectivity index is 1.60. The molecule has 1 unspecified atom stereocenters. The average molecular weight is 885 g/mol. The summed E-state index contributed by atoms with van der Waals surface area (Å²) in [5.74, 6) is -0.552. The molecule has 17 nitrogen and oxygen atoms in total. The van der Waals surface area contributed by atoms with Crippen molar-refractivity contribution in [2.45, 2.75) is 43.4 Å². The summed E-state index contributed by atoms with van der Waals surface area (Å²) in [6.07, 6.45) is 7.26. The molecule has 59 heavy (non-hydrogen) atoms. The Kier molecular flexibility index (Phi) is 18.2. The molecular weight excluding hydrogens is 833 g/mol. The van der Waals surface area contributed by atoms with Crippen molar-refractivity contribution < 1.29 is 67.4 Å². The van der Waals surface area contributed by atoms with Crippen LogP contribution in [0, 0.1) is 0 Å². The summed E-state index contributed by atoms with van der Waals surface area (Å²) in [6.45, 7) is 7.32. The maximum Gasteiger partial charge on any atom is 0.203 e. The van der Waals surface area contributed by atoms with E-state index in [1.165, 1.54) is 24.5 Å². The van der Waals surface area contributed by atoms with Gasteiger partial charge in [-0.15, -0.1) is 0 Å². The summed E-state index contributed by atoms with van der Waals surface area (Å²) in [4.78, 5) is 1.48. The van der Waals surface area contributed by atoms with Crippen molar-refractivity contribution in [1.82, 2.24) is 4.58 Å². The lowest BCUT2D eigenvalue weighted by Crippen LogP contribution is -2.31. The maximum absolute atomic E-state index is 12.1. The Hall–Kier alpha value is -3.54. The van der Waals surface area contributed by atoms with Crippen LogP contribution in [0.3, 0.4) is 0 Å². The molecule has 0 bridgehead atoms. The van der Waals surface area contributed by atoms with Crippen molar-refractivity contribution in [3.63, 3.8) is 0 Å². The van der Waals surface area contributed by atoms with Gasteiger partial charge in [-0.05, 0) is 74.2 Å². The molecule has 1 atom stereocenters. The van der Waals surface area contributed by atoms with Crippen molar-refractivity contribution in [3.05, 3.63) is 83.1 Å². The molecule has 1 aliphatic carbocycles. The van der Waals surface area contributed by atoms with Gasteiger partial charge in [-0.2, -0.15) is 0 Å². The molecule has 1 aromatic carbocycles. The predicted octanol–water partition coefficient (Wildman–Crippen LogP) is 2.08. The van der Waals surface area contributed by atoms with E-state index in [0.717, 1.165) is 16.5 Å². The number of benzene rings is 2. The third-order valence-corrected chi connectivity index (χ3v) is 12.1. The number of anilines is 1. The highest BCUT2D eigenvalue weighted by Crippen LogP contribution is 2.51. The molecule has 3 aliphatic rings. The van der Waals surface area contributed by atoms with Gasteiger partial charge in [-0.1, -0.05) is 12.2 Å². The van der Waals surface area contributed by atoms with Gasteiger partial charge >= 0.3 is 0 Å². The molecule has 0 spiro atoms. The van der Waals surface area contributed by atoms with Crippen molar-refractivity contribution in [1.29, 1.82) is 0 Å². The largest absolute Gasteiger partial charge is 0.748 e. The summed E-state index contributed by atoms with van der Waals surface area (Å²) in [5.41, 5.74) is 2.23. The summed E-state index contributed by atoms with van der Waals surface area (Å²) in [7, 11) is -13.7. The second-order valence-corrected chi connectivity index (χ2v) is 18.2. The van der Waals surface area contributed by atoms with E-state index in [4.69, 9.17) is 28.5 Å². The molecular formula is C39H52N2O15S3-2. The standard InChI is InChI=1S/C39H54N2O15S3/c1-3-40(15-6-28-58(46,47)48)32-9-11-34-31(13-18-56-37(34)29-32)7-4-8-38-39(2,14-5-27-57(43,44)45)35-30-33(59(49,50)51)10-12-36(35)41(38)16-19-52-21-23-54-25-26-55-24-22-53-20-17-42/h4,7-13,18,29-30,42H,3,5-6,14-17,19-28H2,1-2H3,(H2-,43,44,45,46,47,48,49,50,51)/p-2. The fourth-order valence-electron chi connectivity index (χ4n) is 6.88. The van der Waals surface area contributed by atoms with Crippen LogP contribution in [0.25, 0.3) is 17.4 Å². The number of allylic oxidation sites excluding steroid dienone is 3. The first-order valence-electron chi connectivity index (χ1n) is 19.1. The zero-order chi connectivity index (χ0) is 43.1. The maximum atomic E-state index is 12.1. The minimum atomic E-state index is -4.85. The zero-order valence-corrected chi connectivity index (χ0v) is 35.6. The molecule has 0 aromatic heterocycles. The van der Waals surface area contributed by atoms with Crippen molar-refractivity contribution in [2.24, 2.45) is 0 Å². The molecule has 0 fully saturated rings. The van der Waals surface area contributed by atoms with Crippen LogP contribution in [0.15, 0.2) is 75.9 Å². The Morgan fingerprint density at radius 3 is 2.05 bits per heavy atom. The number of fused-ring (bicyclic) bond motifs is 2. The second kappa shape index (κ2) is 22.3. The number of rotatable bonds is 26. The first kappa shape index (κ1) is 48.1. The molecule has 328 valence electrons. The van der Waals surface area contributed by atoms with Crippen LogP contribution >= 0.6 is 0 Å². The van der Waals surface area contributed by atoms with Gasteiger partial charge in [0, 0.05) is 52.9 Å². The number of ether oxygens (including phenoxy) is 4. The lowest BCUT2D eigenvalue weighted by atomic mass is 9.77. The highest BCUT2D eigenvalue weighted by Gasteiger charge is 2.43. The van der Waals surface area contributed by atoms with Gasteiger partial charge < -0.3 is 47.0 Å². The Bertz CT molecular complexity index is 2270. The van der Waals surface area contributed by atoms with E-state index < -0.39 is 52.2 Å². The van der Waals surface area contributed by atoms with Gasteiger partial charge in [0.1, 0.15) is 29.0 Å². The van der Waals surface area contributed by atoms with Gasteiger partial charge in [0.25, 0.3) is 0 Å². The smallest absolute Gasteiger partial charge is 0.203 e. The highest BCUT2D eigenvalue weighted by atomic mass is 32.2. The van der Waals surface area contributed by atoms with E-state index in [-0.39, 0.29) is 52.2 Å². The summed E-state index contributed by atoms with van der Waals surface area (Å²) in [6, 6.07) is 11.4. The molecule has 20 heteroatoms. The Morgan fingerprint density at radius 2 is 1.44 bits per heavy atom. The molecule has 1 aromatic rings. The first-order chi connectivity index (χ1) is 28.0. The van der Waals surface area contributed by atoms with Gasteiger partial charge in [0.15, 0.2) is 0 Å². The fourth-order valence-corrected chi connectivity index (χ4v) is 8.36. The van der Waals surface area contributed by atoms with E-state index in [1.54, 1.807) is 12.1 Å². The first-order valence-corrected chi connectivity index (χ1v) is 23.7. The van der Waals surface area contributed by atoms with Gasteiger partial charge in [0.2, 0.25) is 5.36 Å². The van der Waals surface area contributed by atoms with Crippen LogP contribution in [0.4, 0.5) is 5.69 Å². The van der Waals surface area contributed by atoms with E-state index in [1.807, 2.05) is 53.7 Å². The van der Waals surface area contributed by atoms with Gasteiger partial charge in [-0.25, -0.2) is 29.8 Å². The normalized spacial score (nSPS) is 17.4. The van der Waals surface area contributed by atoms with E-state index in [0.29, 0.717) is 68.8 Å². The zero-order valence-electron chi connectivity index (χ0n) is 33.2. The second-order valence-electron chi connectivity index (χ2n) is 13.8. The highest BCUT2D eigenvalue weighted by molar-refractivity contribution is 7.86. The summed E-state index contributed by atoms with van der Waals surface area (Å²) >= 11 is 0. The molecule has 0 amide bonds. The minimum Gasteiger partial charge on any atom is -0.748 e. The summed E-state index contributed by atoms with van der Waals surface area (Å²) < 4.78 is 134. The lowest BCUT2D eigenvalue weighted by Gasteiger charge is -2.30. The summed E-state index contributed by atoms with van der Waals surface area (Å²) in [5, 5.41) is 9.52. The molecule has 0 radical (unpaired) electrons. The van der Waals surface area contributed by atoms with Crippen LogP contribution in [0.1, 0.15) is 44.2 Å². The van der Waals surface area contributed by atoms with Crippen LogP contribution in [0.5, 0.6) is 0 Å². The molecule has 2 aliphatic heterocycles. The van der Waals surface area contributed by atoms with Crippen molar-refractivity contribution in [3.8, 4) is 11.3 Å². The molecule has 2 heterocycles. The van der Waals surface area contributed by atoms with Crippen LogP contribution in [-0.2, 0) is 54.7 Å². The number of aliphatic hydroxyl groups is 1. The third kappa shape index (κ3) is 14.9. The van der Waals surface area contributed by atoms with Crippen molar-refractivity contribution in [2.75, 3.05) is 95.5 Å². The molecule has 0 saturated heterocycles. The molecule has 1 N–H and O–H groups in total. The Morgan fingerprint density at radius 1 is 0.814 bits per heavy atom. The van der Waals surface area contributed by atoms with Crippen LogP contribution in [-0.4, -0.2) is 135 Å². The third-order valence-electron chi connectivity index (χ3n) is 9.70. The lowest BCUT2D eigenvalue weighted by molar-refractivity contribution is -0.00484. The van der Waals surface area contributed by atoms with Crippen molar-refractivity contribution >= 4 is 42.1 Å². The number of aliphatic hydroxyl groups excluding tert-OH is 1. The SMILES string of the molecule is CC[N+](CCCS(=O)(=O)[O-])=c1ccc2c(/C=C/C=C3/N(CCOCCOCCOCCOCCO)c4ccc(S(=O)(=O)[O-])cc4C3(C)CCCS(=O)(=O)[O-])ccoc-2c1. The van der Waals surface area contributed by atoms with Crippen LogP contribution < -0.4 is 14.8 Å². The quantitative estimate of drug-likeness (QED) is 0.0689. The molecule has 0 saturated carbocycles. The van der Waals surface area contributed by atoms with E-state index >= 15 is 0 Å². The van der Waals surface area contributed by atoms with Gasteiger partial charge in [0.05, 0.1) is 96.9 Å².